The van der Waals surface area contributed by atoms with Crippen molar-refractivity contribution in [1.82, 2.24) is 10.3 Å². The van der Waals surface area contributed by atoms with Crippen LogP contribution in [0.5, 0.6) is 11.5 Å². The molecule has 0 radical (unpaired) electrons. The zero-order valence-corrected chi connectivity index (χ0v) is 15.4. The number of benzene rings is 2. The van der Waals surface area contributed by atoms with Crippen molar-refractivity contribution in [2.75, 3.05) is 13.7 Å². The van der Waals surface area contributed by atoms with Gasteiger partial charge in [-0.25, -0.2) is 4.79 Å². The molecule has 1 atom stereocenters. The molecule has 0 saturated carbocycles. The summed E-state index contributed by atoms with van der Waals surface area (Å²) in [5, 5.41) is 16.1. The molecule has 0 bridgehead atoms. The molecule has 0 aromatic heterocycles. The Kier molecular flexibility index (Phi) is 5.27. The molecule has 1 aliphatic rings. The van der Waals surface area contributed by atoms with Crippen LogP contribution in [0, 0.1) is 11.3 Å². The van der Waals surface area contributed by atoms with Gasteiger partial charge in [-0.3, -0.25) is 4.79 Å². The summed E-state index contributed by atoms with van der Waals surface area (Å²) in [6.07, 6.45) is 1.38. The van der Waals surface area contributed by atoms with E-state index in [0.29, 0.717) is 22.6 Å². The van der Waals surface area contributed by atoms with E-state index in [4.69, 9.17) is 14.7 Å². The molecule has 8 heteroatoms. The molecule has 28 heavy (non-hydrogen) atoms. The van der Waals surface area contributed by atoms with E-state index in [1.807, 2.05) is 12.1 Å². The first-order valence-corrected chi connectivity index (χ1v) is 8.43. The van der Waals surface area contributed by atoms with Gasteiger partial charge < -0.3 is 14.8 Å². The summed E-state index contributed by atoms with van der Waals surface area (Å²) in [7, 11) is 1.47. The molecule has 1 N–H and O–H groups in total. The lowest BCUT2D eigenvalue weighted by Gasteiger charge is -2.20. The molecule has 1 saturated heterocycles. The van der Waals surface area contributed by atoms with Gasteiger partial charge in [0.1, 0.15) is 11.6 Å². The number of imide groups is 1. The average Bonchev–Trinajstić information content (AvgIpc) is 2.95. The maximum absolute atomic E-state index is 12.8. The van der Waals surface area contributed by atoms with Gasteiger partial charge in [0.15, 0.2) is 18.1 Å². The van der Waals surface area contributed by atoms with E-state index < -0.39 is 17.5 Å². The van der Waals surface area contributed by atoms with Gasteiger partial charge in [0, 0.05) is 0 Å². The van der Waals surface area contributed by atoms with E-state index in [0.717, 1.165) is 5.01 Å². The van der Waals surface area contributed by atoms with Gasteiger partial charge in [0.25, 0.3) is 5.91 Å². The second-order valence-electron chi connectivity index (χ2n) is 6.14. The first-order chi connectivity index (χ1) is 13.5. The van der Waals surface area contributed by atoms with E-state index in [1.54, 1.807) is 49.4 Å². The smallest absolute Gasteiger partial charge is 0.346 e. The van der Waals surface area contributed by atoms with Crippen LogP contribution in [0.15, 0.2) is 53.6 Å². The highest BCUT2D eigenvalue weighted by molar-refractivity contribution is 6.07. The van der Waals surface area contributed by atoms with E-state index in [-0.39, 0.29) is 6.61 Å². The predicted molar refractivity (Wildman–Crippen MR) is 101 cm³/mol. The van der Waals surface area contributed by atoms with Gasteiger partial charge >= 0.3 is 6.03 Å². The molecule has 1 aliphatic heterocycles. The molecule has 3 amide bonds. The SMILES string of the molecule is COc1cc(/C=N\N2C(=O)N[C@@](C)(c3ccccc3)C2=O)ccc1OCC#N. The molecule has 0 aliphatic carbocycles. The van der Waals surface area contributed by atoms with Gasteiger partial charge in [0.05, 0.1) is 13.3 Å². The summed E-state index contributed by atoms with van der Waals surface area (Å²) in [6.45, 7) is 1.53. The number of amides is 3. The van der Waals surface area contributed by atoms with Crippen molar-refractivity contribution in [1.29, 1.82) is 5.26 Å². The number of carbonyl (C=O) groups is 2. The summed E-state index contributed by atoms with van der Waals surface area (Å²) < 4.78 is 10.5. The Hall–Kier alpha value is -3.86. The fraction of sp³-hybridized carbons (Fsp3) is 0.200. The van der Waals surface area contributed by atoms with E-state index in [9.17, 15) is 9.59 Å². The Morgan fingerprint density at radius 2 is 1.96 bits per heavy atom. The summed E-state index contributed by atoms with van der Waals surface area (Å²) in [5.41, 5.74) is 0.0873. The van der Waals surface area contributed by atoms with Crippen molar-refractivity contribution < 1.29 is 19.1 Å². The standard InChI is InChI=1S/C20H18N4O4/c1-20(15-6-4-3-5-7-15)18(25)24(19(26)23-20)22-13-14-8-9-16(28-11-10-21)17(12-14)27-2/h3-9,12-13H,11H2,1-2H3,(H,23,26)/b22-13-/t20-/m0/s1. The predicted octanol–water partition coefficient (Wildman–Crippen LogP) is 2.40. The second-order valence-corrected chi connectivity index (χ2v) is 6.14. The number of ether oxygens (including phenoxy) is 2. The van der Waals surface area contributed by atoms with Crippen LogP contribution >= 0.6 is 0 Å². The number of methoxy groups -OCH3 is 1. The Bertz CT molecular complexity index is 968. The van der Waals surface area contributed by atoms with Crippen molar-refractivity contribution in [3.63, 3.8) is 0 Å². The molecule has 2 aromatic carbocycles. The minimum atomic E-state index is -1.18. The number of nitriles is 1. The quantitative estimate of drug-likeness (QED) is 0.614. The van der Waals surface area contributed by atoms with Crippen LogP contribution in [0.4, 0.5) is 4.79 Å². The first kappa shape index (κ1) is 18.9. The number of nitrogens with zero attached hydrogens (tertiary/aromatic N) is 3. The second kappa shape index (κ2) is 7.80. The average molecular weight is 378 g/mol. The van der Waals surface area contributed by atoms with Crippen LogP contribution in [0.1, 0.15) is 18.1 Å². The monoisotopic (exact) mass is 378 g/mol. The third-order valence-corrected chi connectivity index (χ3v) is 4.32. The molecule has 0 unspecified atom stereocenters. The number of urea groups is 1. The Morgan fingerprint density at radius 3 is 2.64 bits per heavy atom. The first-order valence-electron chi connectivity index (χ1n) is 8.43. The lowest BCUT2D eigenvalue weighted by atomic mass is 9.92. The van der Waals surface area contributed by atoms with Crippen molar-refractivity contribution in [2.24, 2.45) is 5.10 Å². The van der Waals surface area contributed by atoms with E-state index in [1.165, 1.54) is 13.3 Å². The lowest BCUT2D eigenvalue weighted by molar-refractivity contribution is -0.131. The Labute approximate surface area is 162 Å². The van der Waals surface area contributed by atoms with Crippen molar-refractivity contribution in [2.45, 2.75) is 12.5 Å². The number of nitrogens with one attached hydrogen (secondary N) is 1. The maximum Gasteiger partial charge on any atom is 0.346 e. The minimum absolute atomic E-state index is 0.107. The zero-order valence-electron chi connectivity index (χ0n) is 15.4. The summed E-state index contributed by atoms with van der Waals surface area (Å²) in [6, 6.07) is 15.2. The van der Waals surface area contributed by atoms with Crippen LogP contribution < -0.4 is 14.8 Å². The number of rotatable bonds is 6. The number of hydrogen-bond donors (Lipinski definition) is 1. The zero-order chi connectivity index (χ0) is 20.1. The van der Waals surface area contributed by atoms with Crippen LogP contribution in [-0.2, 0) is 10.3 Å². The Balaban J connectivity index is 1.82. The fourth-order valence-electron chi connectivity index (χ4n) is 2.81. The third kappa shape index (κ3) is 3.50. The summed E-state index contributed by atoms with van der Waals surface area (Å²) in [5.74, 6) is 0.347. The highest BCUT2D eigenvalue weighted by Crippen LogP contribution is 2.30. The Morgan fingerprint density at radius 1 is 1.21 bits per heavy atom. The summed E-state index contributed by atoms with van der Waals surface area (Å²) in [4.78, 5) is 25.1. The van der Waals surface area contributed by atoms with Crippen molar-refractivity contribution in [3.8, 4) is 17.6 Å². The van der Waals surface area contributed by atoms with Gasteiger partial charge in [0.2, 0.25) is 0 Å². The van der Waals surface area contributed by atoms with Crippen LogP contribution in [0.25, 0.3) is 0 Å². The van der Waals surface area contributed by atoms with Gasteiger partial charge in [-0.2, -0.15) is 10.4 Å². The highest BCUT2D eigenvalue weighted by atomic mass is 16.5. The molecule has 0 spiro atoms. The minimum Gasteiger partial charge on any atom is -0.493 e. The van der Waals surface area contributed by atoms with Crippen LogP contribution in [0.3, 0.4) is 0 Å². The lowest BCUT2D eigenvalue weighted by Crippen LogP contribution is -2.40. The molecular weight excluding hydrogens is 360 g/mol. The number of hydrogen-bond acceptors (Lipinski definition) is 6. The number of carbonyl (C=O) groups excluding carboxylic acids is 2. The van der Waals surface area contributed by atoms with Crippen LogP contribution in [-0.4, -0.2) is 36.9 Å². The number of hydrazone groups is 1. The third-order valence-electron chi connectivity index (χ3n) is 4.32. The maximum atomic E-state index is 12.8. The normalized spacial score (nSPS) is 18.8. The topological polar surface area (TPSA) is 104 Å². The van der Waals surface area contributed by atoms with Crippen molar-refractivity contribution in [3.05, 3.63) is 59.7 Å². The molecule has 8 nitrogen and oxygen atoms in total. The summed E-state index contributed by atoms with van der Waals surface area (Å²) >= 11 is 0. The largest absolute Gasteiger partial charge is 0.493 e. The van der Waals surface area contributed by atoms with E-state index in [2.05, 4.69) is 10.4 Å². The molecule has 3 rings (SSSR count). The molecule has 1 heterocycles. The van der Waals surface area contributed by atoms with Gasteiger partial charge in [-0.1, -0.05) is 30.3 Å². The van der Waals surface area contributed by atoms with Gasteiger partial charge in [-0.05, 0) is 36.2 Å². The van der Waals surface area contributed by atoms with E-state index >= 15 is 0 Å². The molecular formula is C20H18N4O4. The van der Waals surface area contributed by atoms with Crippen LogP contribution in [0.2, 0.25) is 0 Å². The molecule has 1 fully saturated rings. The van der Waals surface area contributed by atoms with Crippen molar-refractivity contribution >= 4 is 18.2 Å². The van der Waals surface area contributed by atoms with Gasteiger partial charge in [-0.15, -0.1) is 5.01 Å². The highest BCUT2D eigenvalue weighted by Gasteiger charge is 2.49. The molecule has 2 aromatic rings. The fourth-order valence-corrected chi connectivity index (χ4v) is 2.81. The molecule has 142 valence electrons.